The quantitative estimate of drug-likeness (QED) is 0.711. The first-order chi connectivity index (χ1) is 5.61. The molecular formula is C9H15N3. The molecule has 0 atom stereocenters. The Morgan fingerprint density at radius 3 is 2.75 bits per heavy atom. The molecule has 0 aliphatic rings. The van der Waals surface area contributed by atoms with E-state index in [0.717, 1.165) is 12.1 Å². The maximum Gasteiger partial charge on any atom is 0.126 e. The predicted molar refractivity (Wildman–Crippen MR) is 50.8 cm³/mol. The molecule has 0 fully saturated rings. The first-order valence-electron chi connectivity index (χ1n) is 3.96. The van der Waals surface area contributed by atoms with Gasteiger partial charge in [-0.25, -0.2) is 4.98 Å². The average molecular weight is 165 g/mol. The number of anilines is 1. The monoisotopic (exact) mass is 165 g/mol. The van der Waals surface area contributed by atoms with Crippen molar-refractivity contribution >= 4 is 5.82 Å². The van der Waals surface area contributed by atoms with Crippen molar-refractivity contribution in [1.29, 1.82) is 0 Å². The van der Waals surface area contributed by atoms with Crippen LogP contribution in [0.1, 0.15) is 11.1 Å². The summed E-state index contributed by atoms with van der Waals surface area (Å²) in [7, 11) is 4.08. The van der Waals surface area contributed by atoms with Crippen molar-refractivity contribution in [3.8, 4) is 0 Å². The number of nitrogen functional groups attached to an aromatic ring is 1. The van der Waals surface area contributed by atoms with Crippen molar-refractivity contribution in [1.82, 2.24) is 9.88 Å². The van der Waals surface area contributed by atoms with Crippen LogP contribution in [0.15, 0.2) is 12.3 Å². The molecule has 1 aromatic heterocycles. The number of hydrogen-bond donors (Lipinski definition) is 1. The van der Waals surface area contributed by atoms with Crippen LogP contribution >= 0.6 is 0 Å². The van der Waals surface area contributed by atoms with E-state index in [1.807, 2.05) is 27.1 Å². The van der Waals surface area contributed by atoms with Crippen LogP contribution in [0.5, 0.6) is 0 Å². The van der Waals surface area contributed by atoms with Crippen molar-refractivity contribution in [2.45, 2.75) is 13.5 Å². The summed E-state index contributed by atoms with van der Waals surface area (Å²) in [5.41, 5.74) is 8.00. The van der Waals surface area contributed by atoms with Gasteiger partial charge in [0.2, 0.25) is 0 Å². The van der Waals surface area contributed by atoms with E-state index in [0.29, 0.717) is 5.82 Å². The highest BCUT2D eigenvalue weighted by molar-refractivity contribution is 5.42. The van der Waals surface area contributed by atoms with Crippen LogP contribution in [0.4, 0.5) is 5.82 Å². The summed E-state index contributed by atoms with van der Waals surface area (Å²) in [5, 5.41) is 0. The van der Waals surface area contributed by atoms with Gasteiger partial charge < -0.3 is 10.6 Å². The van der Waals surface area contributed by atoms with Crippen LogP contribution in [0.25, 0.3) is 0 Å². The number of aromatic nitrogens is 1. The van der Waals surface area contributed by atoms with Gasteiger partial charge in [0.1, 0.15) is 5.82 Å². The van der Waals surface area contributed by atoms with E-state index in [9.17, 15) is 0 Å². The summed E-state index contributed by atoms with van der Waals surface area (Å²) in [6.07, 6.45) is 1.75. The van der Waals surface area contributed by atoms with Gasteiger partial charge in [-0.05, 0) is 38.2 Å². The molecule has 1 aromatic rings. The Balaban J connectivity index is 2.92. The van der Waals surface area contributed by atoms with E-state index >= 15 is 0 Å². The third kappa shape index (κ3) is 1.95. The molecule has 66 valence electrons. The lowest BCUT2D eigenvalue weighted by Gasteiger charge is -2.12. The number of pyridine rings is 1. The Morgan fingerprint density at radius 1 is 1.50 bits per heavy atom. The fourth-order valence-corrected chi connectivity index (χ4v) is 1.11. The Morgan fingerprint density at radius 2 is 2.17 bits per heavy atom. The van der Waals surface area contributed by atoms with Crippen molar-refractivity contribution < 1.29 is 0 Å². The smallest absolute Gasteiger partial charge is 0.126 e. The predicted octanol–water partition coefficient (Wildman–Crippen LogP) is 1.03. The minimum absolute atomic E-state index is 0.634. The van der Waals surface area contributed by atoms with Gasteiger partial charge in [0, 0.05) is 12.7 Å². The molecule has 0 amide bonds. The lowest BCUT2D eigenvalue weighted by molar-refractivity contribution is 0.401. The largest absolute Gasteiger partial charge is 0.383 e. The van der Waals surface area contributed by atoms with Crippen molar-refractivity contribution in [2.24, 2.45) is 0 Å². The lowest BCUT2D eigenvalue weighted by atomic mass is 10.1. The minimum atomic E-state index is 0.634. The van der Waals surface area contributed by atoms with Crippen molar-refractivity contribution in [3.05, 3.63) is 23.4 Å². The fourth-order valence-electron chi connectivity index (χ4n) is 1.11. The Labute approximate surface area is 73.2 Å². The maximum atomic E-state index is 5.67. The minimum Gasteiger partial charge on any atom is -0.383 e. The van der Waals surface area contributed by atoms with Crippen LogP contribution in [0.3, 0.4) is 0 Å². The molecule has 2 N–H and O–H groups in total. The van der Waals surface area contributed by atoms with Gasteiger partial charge in [0.25, 0.3) is 0 Å². The molecule has 3 nitrogen and oxygen atoms in total. The lowest BCUT2D eigenvalue weighted by Crippen LogP contribution is -2.12. The first kappa shape index (κ1) is 9.00. The highest BCUT2D eigenvalue weighted by Gasteiger charge is 2.02. The second-order valence-electron chi connectivity index (χ2n) is 3.22. The van der Waals surface area contributed by atoms with Crippen LogP contribution in [-0.4, -0.2) is 24.0 Å². The van der Waals surface area contributed by atoms with Gasteiger partial charge in [-0.1, -0.05) is 0 Å². The van der Waals surface area contributed by atoms with E-state index in [1.54, 1.807) is 6.20 Å². The van der Waals surface area contributed by atoms with E-state index in [2.05, 4.69) is 9.88 Å². The summed E-state index contributed by atoms with van der Waals surface area (Å²) < 4.78 is 0. The second kappa shape index (κ2) is 3.54. The number of nitrogens with zero attached hydrogens (tertiary/aromatic N) is 2. The summed E-state index contributed by atoms with van der Waals surface area (Å²) >= 11 is 0. The molecule has 0 radical (unpaired) electrons. The van der Waals surface area contributed by atoms with E-state index in [4.69, 9.17) is 5.73 Å². The standard InChI is InChI=1S/C9H15N3/c1-7-8(6-12(2)3)4-5-11-9(7)10/h4-5H,6H2,1-3H3,(H2,10,11). The zero-order valence-corrected chi connectivity index (χ0v) is 7.83. The first-order valence-corrected chi connectivity index (χ1v) is 3.96. The van der Waals surface area contributed by atoms with Gasteiger partial charge >= 0.3 is 0 Å². The summed E-state index contributed by atoms with van der Waals surface area (Å²) in [6, 6.07) is 2.01. The van der Waals surface area contributed by atoms with E-state index < -0.39 is 0 Å². The zero-order valence-electron chi connectivity index (χ0n) is 7.83. The molecule has 0 bridgehead atoms. The Kier molecular flexibility index (Phi) is 2.65. The number of hydrogen-bond acceptors (Lipinski definition) is 3. The summed E-state index contributed by atoms with van der Waals surface area (Å²) in [6.45, 7) is 2.92. The third-order valence-corrected chi connectivity index (χ3v) is 1.84. The van der Waals surface area contributed by atoms with Crippen LogP contribution in [0.2, 0.25) is 0 Å². The van der Waals surface area contributed by atoms with Gasteiger partial charge in [-0.2, -0.15) is 0 Å². The van der Waals surface area contributed by atoms with E-state index in [1.165, 1.54) is 5.56 Å². The second-order valence-corrected chi connectivity index (χ2v) is 3.22. The molecule has 0 aromatic carbocycles. The highest BCUT2D eigenvalue weighted by Crippen LogP contribution is 2.13. The molecule has 0 aliphatic heterocycles. The average Bonchev–Trinajstić information content (AvgIpc) is 1.98. The highest BCUT2D eigenvalue weighted by atomic mass is 15.0. The molecule has 1 rings (SSSR count). The molecule has 0 spiro atoms. The Bertz CT molecular complexity index is 268. The number of rotatable bonds is 2. The molecule has 0 aliphatic carbocycles. The Hall–Kier alpha value is -1.09. The molecule has 0 unspecified atom stereocenters. The fraction of sp³-hybridized carbons (Fsp3) is 0.444. The van der Waals surface area contributed by atoms with E-state index in [-0.39, 0.29) is 0 Å². The van der Waals surface area contributed by atoms with Gasteiger partial charge in [-0.15, -0.1) is 0 Å². The zero-order chi connectivity index (χ0) is 9.14. The SMILES string of the molecule is Cc1c(CN(C)C)ccnc1N. The van der Waals surface area contributed by atoms with Gasteiger partial charge in [0.15, 0.2) is 0 Å². The molecule has 3 heteroatoms. The molecule has 0 saturated carbocycles. The normalized spacial score (nSPS) is 10.7. The third-order valence-electron chi connectivity index (χ3n) is 1.84. The summed E-state index contributed by atoms with van der Waals surface area (Å²) in [5.74, 6) is 0.634. The van der Waals surface area contributed by atoms with Crippen LogP contribution in [-0.2, 0) is 6.54 Å². The maximum absolute atomic E-state index is 5.67. The van der Waals surface area contributed by atoms with Gasteiger partial charge in [-0.3, -0.25) is 0 Å². The molecular weight excluding hydrogens is 150 g/mol. The topological polar surface area (TPSA) is 42.2 Å². The van der Waals surface area contributed by atoms with Crippen molar-refractivity contribution in [3.63, 3.8) is 0 Å². The van der Waals surface area contributed by atoms with Crippen molar-refractivity contribution in [2.75, 3.05) is 19.8 Å². The van der Waals surface area contributed by atoms with Crippen LogP contribution in [0, 0.1) is 6.92 Å². The molecule has 12 heavy (non-hydrogen) atoms. The summed E-state index contributed by atoms with van der Waals surface area (Å²) in [4.78, 5) is 6.12. The van der Waals surface area contributed by atoms with Gasteiger partial charge in [0.05, 0.1) is 0 Å². The van der Waals surface area contributed by atoms with Crippen LogP contribution < -0.4 is 5.73 Å². The number of nitrogens with two attached hydrogens (primary N) is 1. The molecule has 1 heterocycles. The molecule has 0 saturated heterocycles.